The van der Waals surface area contributed by atoms with Crippen LogP contribution in [-0.2, 0) is 11.1 Å². The standard InChI is InChI=1S/C12H16N5O3P/c1-8(4-21(18,19)20)12(2-3-12)5-17-7-16-9-10(13)14-6-15-11(9)17/h4,6-7H,2-3,5H2,1H3,(H2,13,14,15)(H2,18,19,20)/b8-4+. The monoisotopic (exact) mass is 309 g/mol. The molecule has 1 aliphatic carbocycles. The summed E-state index contributed by atoms with van der Waals surface area (Å²) < 4.78 is 13.0. The maximum atomic E-state index is 11.1. The zero-order chi connectivity index (χ0) is 15.3. The van der Waals surface area contributed by atoms with Gasteiger partial charge >= 0.3 is 7.60 Å². The summed E-state index contributed by atoms with van der Waals surface area (Å²) >= 11 is 0. The molecule has 9 heteroatoms. The molecule has 1 saturated carbocycles. The van der Waals surface area contributed by atoms with E-state index in [0.29, 0.717) is 29.1 Å². The number of aromatic nitrogens is 4. The highest BCUT2D eigenvalue weighted by Gasteiger charge is 2.45. The molecule has 0 amide bonds. The van der Waals surface area contributed by atoms with Crippen LogP contribution in [0, 0.1) is 5.41 Å². The van der Waals surface area contributed by atoms with E-state index in [-0.39, 0.29) is 5.41 Å². The van der Waals surface area contributed by atoms with E-state index in [1.54, 1.807) is 13.3 Å². The van der Waals surface area contributed by atoms with Gasteiger partial charge in [-0.1, -0.05) is 5.57 Å². The number of anilines is 1. The summed E-state index contributed by atoms with van der Waals surface area (Å²) in [6.45, 7) is 2.33. The molecule has 0 aliphatic heterocycles. The van der Waals surface area contributed by atoms with Crippen molar-refractivity contribution in [2.24, 2.45) is 5.41 Å². The summed E-state index contributed by atoms with van der Waals surface area (Å²) in [7, 11) is -4.16. The van der Waals surface area contributed by atoms with Crippen molar-refractivity contribution in [2.75, 3.05) is 5.73 Å². The van der Waals surface area contributed by atoms with Gasteiger partial charge in [0.1, 0.15) is 11.8 Å². The van der Waals surface area contributed by atoms with Gasteiger partial charge in [0.2, 0.25) is 0 Å². The summed E-state index contributed by atoms with van der Waals surface area (Å²) in [6.07, 6.45) is 4.79. The normalized spacial score (nSPS) is 18.1. The summed E-state index contributed by atoms with van der Waals surface area (Å²) in [6, 6.07) is 0. The van der Waals surface area contributed by atoms with Crippen LogP contribution in [0.5, 0.6) is 0 Å². The van der Waals surface area contributed by atoms with Crippen LogP contribution in [0.15, 0.2) is 24.0 Å². The van der Waals surface area contributed by atoms with E-state index in [1.807, 2.05) is 4.57 Å². The molecule has 112 valence electrons. The number of fused-ring (bicyclic) bond motifs is 1. The van der Waals surface area contributed by atoms with E-state index in [1.165, 1.54) is 6.33 Å². The summed E-state index contributed by atoms with van der Waals surface area (Å²) in [5, 5.41) is 0. The van der Waals surface area contributed by atoms with Crippen molar-refractivity contribution in [3.05, 3.63) is 24.0 Å². The van der Waals surface area contributed by atoms with Gasteiger partial charge in [-0.25, -0.2) is 15.0 Å². The molecule has 8 nitrogen and oxygen atoms in total. The van der Waals surface area contributed by atoms with Crippen molar-refractivity contribution < 1.29 is 14.4 Å². The van der Waals surface area contributed by atoms with Crippen molar-refractivity contribution in [3.8, 4) is 0 Å². The maximum Gasteiger partial charge on any atom is 0.349 e. The van der Waals surface area contributed by atoms with Crippen molar-refractivity contribution >= 4 is 24.6 Å². The molecule has 3 rings (SSSR count). The first kappa shape index (κ1) is 14.2. The topological polar surface area (TPSA) is 127 Å². The van der Waals surface area contributed by atoms with Crippen molar-refractivity contribution in [1.82, 2.24) is 19.5 Å². The van der Waals surface area contributed by atoms with Gasteiger partial charge in [0.25, 0.3) is 0 Å². The van der Waals surface area contributed by atoms with Crippen molar-refractivity contribution in [2.45, 2.75) is 26.3 Å². The third kappa shape index (κ3) is 2.70. The van der Waals surface area contributed by atoms with Crippen LogP contribution >= 0.6 is 7.60 Å². The van der Waals surface area contributed by atoms with Gasteiger partial charge in [0, 0.05) is 17.8 Å². The smallest absolute Gasteiger partial charge is 0.349 e. The molecule has 1 fully saturated rings. The number of hydrogen-bond acceptors (Lipinski definition) is 5. The number of nitrogens with two attached hydrogens (primary N) is 1. The number of nitrogens with zero attached hydrogens (tertiary/aromatic N) is 4. The third-order valence-electron chi connectivity index (χ3n) is 3.95. The number of allylic oxidation sites excluding steroid dienone is 1. The lowest BCUT2D eigenvalue weighted by Gasteiger charge is -2.17. The summed E-state index contributed by atoms with van der Waals surface area (Å²) in [4.78, 5) is 30.5. The molecular formula is C12H16N5O3P. The molecule has 4 N–H and O–H groups in total. The fraction of sp³-hybridized carbons (Fsp3) is 0.417. The average Bonchev–Trinajstić information content (AvgIpc) is 3.04. The molecule has 0 bridgehead atoms. The summed E-state index contributed by atoms with van der Waals surface area (Å²) in [5.41, 5.74) is 7.41. The van der Waals surface area contributed by atoms with Crippen LogP contribution in [0.3, 0.4) is 0 Å². The van der Waals surface area contributed by atoms with Crippen LogP contribution in [-0.4, -0.2) is 29.3 Å². The zero-order valence-corrected chi connectivity index (χ0v) is 12.4. The largest absolute Gasteiger partial charge is 0.382 e. The van der Waals surface area contributed by atoms with E-state index in [9.17, 15) is 4.57 Å². The fourth-order valence-electron chi connectivity index (χ4n) is 2.56. The first-order chi connectivity index (χ1) is 9.81. The average molecular weight is 309 g/mol. The second-order valence-electron chi connectivity index (χ2n) is 5.49. The first-order valence-electron chi connectivity index (χ1n) is 6.47. The minimum absolute atomic E-state index is 0.228. The van der Waals surface area contributed by atoms with Gasteiger partial charge in [0.15, 0.2) is 11.5 Å². The quantitative estimate of drug-likeness (QED) is 0.726. The van der Waals surface area contributed by atoms with Gasteiger partial charge in [0.05, 0.1) is 6.33 Å². The van der Waals surface area contributed by atoms with Crippen LogP contribution in [0.2, 0.25) is 0 Å². The Bertz CT molecular complexity index is 774. The molecule has 2 aromatic rings. The minimum atomic E-state index is -4.16. The Morgan fingerprint density at radius 3 is 2.81 bits per heavy atom. The summed E-state index contributed by atoms with van der Waals surface area (Å²) in [5.74, 6) is 1.38. The van der Waals surface area contributed by atoms with Crippen LogP contribution in [0.4, 0.5) is 5.82 Å². The molecule has 0 spiro atoms. The first-order valence-corrected chi connectivity index (χ1v) is 8.15. The van der Waals surface area contributed by atoms with E-state index >= 15 is 0 Å². The zero-order valence-electron chi connectivity index (χ0n) is 11.5. The lowest BCUT2D eigenvalue weighted by Crippen LogP contribution is -2.13. The molecule has 0 aromatic carbocycles. The SMILES string of the molecule is C/C(=C\P(=O)(O)O)C1(Cn2cnc3c(N)ncnc32)CC1. The van der Waals surface area contributed by atoms with E-state index in [2.05, 4.69) is 15.0 Å². The van der Waals surface area contributed by atoms with Gasteiger partial charge < -0.3 is 20.1 Å². The number of nitrogen functional groups attached to an aromatic ring is 1. The van der Waals surface area contributed by atoms with Crippen LogP contribution in [0.1, 0.15) is 19.8 Å². The van der Waals surface area contributed by atoms with Gasteiger partial charge in [-0.3, -0.25) is 4.57 Å². The van der Waals surface area contributed by atoms with Gasteiger partial charge in [-0.2, -0.15) is 0 Å². The Labute approximate surface area is 120 Å². The van der Waals surface area contributed by atoms with Crippen LogP contribution in [0.25, 0.3) is 11.2 Å². The fourth-order valence-corrected chi connectivity index (χ4v) is 3.34. The predicted molar refractivity (Wildman–Crippen MR) is 77.2 cm³/mol. The van der Waals surface area contributed by atoms with Crippen LogP contribution < -0.4 is 5.73 Å². The highest BCUT2D eigenvalue weighted by molar-refractivity contribution is 7.55. The molecular weight excluding hydrogens is 293 g/mol. The molecule has 0 saturated heterocycles. The Balaban J connectivity index is 1.94. The molecule has 2 heterocycles. The Hall–Kier alpha value is -1.76. The number of imidazole rings is 1. The lowest BCUT2D eigenvalue weighted by atomic mass is 9.99. The Morgan fingerprint density at radius 2 is 2.19 bits per heavy atom. The highest BCUT2D eigenvalue weighted by atomic mass is 31.2. The molecule has 0 radical (unpaired) electrons. The third-order valence-corrected chi connectivity index (χ3v) is 4.68. The lowest BCUT2D eigenvalue weighted by molar-refractivity contribution is 0.384. The second-order valence-corrected chi connectivity index (χ2v) is 6.92. The Morgan fingerprint density at radius 1 is 1.48 bits per heavy atom. The molecule has 21 heavy (non-hydrogen) atoms. The van der Waals surface area contributed by atoms with Gasteiger partial charge in [-0.05, 0) is 19.8 Å². The molecule has 2 aromatic heterocycles. The minimum Gasteiger partial charge on any atom is -0.382 e. The highest BCUT2D eigenvalue weighted by Crippen LogP contribution is 2.56. The van der Waals surface area contributed by atoms with E-state index in [0.717, 1.165) is 18.7 Å². The molecule has 1 aliphatic rings. The van der Waals surface area contributed by atoms with Gasteiger partial charge in [-0.15, -0.1) is 0 Å². The Kier molecular flexibility index (Phi) is 3.12. The van der Waals surface area contributed by atoms with Crippen molar-refractivity contribution in [3.63, 3.8) is 0 Å². The number of hydrogen-bond donors (Lipinski definition) is 3. The predicted octanol–water partition coefficient (Wildman–Crippen LogP) is 1.27. The van der Waals surface area contributed by atoms with Crippen molar-refractivity contribution in [1.29, 1.82) is 0 Å². The number of rotatable bonds is 4. The maximum absolute atomic E-state index is 11.1. The second kappa shape index (κ2) is 4.62. The molecule has 0 atom stereocenters. The van der Waals surface area contributed by atoms with E-state index < -0.39 is 7.60 Å². The van der Waals surface area contributed by atoms with E-state index in [4.69, 9.17) is 15.5 Å². The molecule has 0 unspecified atom stereocenters.